The van der Waals surface area contributed by atoms with Crippen molar-refractivity contribution >= 4 is 24.2 Å². The molecule has 0 aromatic heterocycles. The molecule has 7 heteroatoms. The number of carbonyl (C=O) groups is 2. The molecule has 0 spiro atoms. The van der Waals surface area contributed by atoms with Crippen LogP contribution >= 0.6 is 12.4 Å². The van der Waals surface area contributed by atoms with Crippen molar-refractivity contribution in [3.8, 4) is 0 Å². The van der Waals surface area contributed by atoms with Crippen LogP contribution in [0.3, 0.4) is 0 Å². The fourth-order valence-electron chi connectivity index (χ4n) is 2.76. The highest BCUT2D eigenvalue weighted by Gasteiger charge is 2.24. The van der Waals surface area contributed by atoms with E-state index < -0.39 is 0 Å². The topological polar surface area (TPSA) is 70.7 Å². The predicted molar refractivity (Wildman–Crippen MR) is 100 cm³/mol. The zero-order valence-electron chi connectivity index (χ0n) is 14.9. The second kappa shape index (κ2) is 11.1. The van der Waals surface area contributed by atoms with Gasteiger partial charge in [-0.3, -0.25) is 9.59 Å². The summed E-state index contributed by atoms with van der Waals surface area (Å²) in [5, 5.41) is 6.05. The molecule has 2 N–H and O–H groups in total. The molecule has 25 heavy (non-hydrogen) atoms. The quantitative estimate of drug-likeness (QED) is 0.712. The standard InChI is InChI=1S/C18H27N3O3.ClH/c1-14-3-5-15(6-4-14)18(23)21-10-7-16(8-11-21)20-17(22)13-19-9-12-24-2;/h3-6,16,19H,7-13H2,1-2H3,(H,20,22);1H. The summed E-state index contributed by atoms with van der Waals surface area (Å²) in [6.45, 7) is 4.90. The summed E-state index contributed by atoms with van der Waals surface area (Å²) < 4.78 is 4.92. The number of nitrogens with zero attached hydrogens (tertiary/aromatic N) is 1. The Hall–Kier alpha value is -1.63. The summed E-state index contributed by atoms with van der Waals surface area (Å²) in [5.74, 6) is 0.0652. The Labute approximate surface area is 155 Å². The van der Waals surface area contributed by atoms with Gasteiger partial charge >= 0.3 is 0 Å². The van der Waals surface area contributed by atoms with Crippen LogP contribution < -0.4 is 10.6 Å². The molecule has 1 fully saturated rings. The fraction of sp³-hybridized carbons (Fsp3) is 0.556. The highest BCUT2D eigenvalue weighted by Crippen LogP contribution is 2.14. The SMILES string of the molecule is COCCNCC(=O)NC1CCN(C(=O)c2ccc(C)cc2)CC1.Cl. The highest BCUT2D eigenvalue weighted by molar-refractivity contribution is 5.94. The number of methoxy groups -OCH3 is 1. The van der Waals surface area contributed by atoms with Crippen LogP contribution in [0.4, 0.5) is 0 Å². The van der Waals surface area contributed by atoms with Gasteiger partial charge in [0.1, 0.15) is 0 Å². The highest BCUT2D eigenvalue weighted by atomic mass is 35.5. The summed E-state index contributed by atoms with van der Waals surface area (Å²) in [6.07, 6.45) is 1.59. The molecule has 2 rings (SSSR count). The van der Waals surface area contributed by atoms with E-state index in [4.69, 9.17) is 4.74 Å². The molecular weight excluding hydrogens is 342 g/mol. The van der Waals surface area contributed by atoms with Crippen molar-refractivity contribution in [3.63, 3.8) is 0 Å². The van der Waals surface area contributed by atoms with Crippen molar-refractivity contribution in [1.82, 2.24) is 15.5 Å². The maximum Gasteiger partial charge on any atom is 0.253 e. The third-order valence-electron chi connectivity index (χ3n) is 4.21. The lowest BCUT2D eigenvalue weighted by molar-refractivity contribution is -0.121. The summed E-state index contributed by atoms with van der Waals surface area (Å²) in [4.78, 5) is 26.2. The molecule has 1 saturated heterocycles. The number of ether oxygens (including phenoxy) is 1. The van der Waals surface area contributed by atoms with Gasteiger partial charge in [0.25, 0.3) is 5.91 Å². The number of likely N-dealkylation sites (tertiary alicyclic amines) is 1. The molecular formula is C18H28ClN3O3. The molecule has 2 amide bonds. The Morgan fingerprint density at radius 3 is 2.44 bits per heavy atom. The number of rotatable bonds is 7. The van der Waals surface area contributed by atoms with Crippen LogP contribution in [-0.4, -0.2) is 62.7 Å². The van der Waals surface area contributed by atoms with Crippen molar-refractivity contribution in [1.29, 1.82) is 0 Å². The lowest BCUT2D eigenvalue weighted by Crippen LogP contribution is -2.48. The first-order valence-electron chi connectivity index (χ1n) is 8.45. The van der Waals surface area contributed by atoms with Gasteiger partial charge < -0.3 is 20.3 Å². The number of nitrogens with one attached hydrogen (secondary N) is 2. The minimum absolute atomic E-state index is 0. The summed E-state index contributed by atoms with van der Waals surface area (Å²) in [7, 11) is 1.63. The first-order valence-corrected chi connectivity index (χ1v) is 8.45. The van der Waals surface area contributed by atoms with E-state index in [-0.39, 0.29) is 30.3 Å². The Balaban J connectivity index is 0.00000312. The third kappa shape index (κ3) is 7.02. The van der Waals surface area contributed by atoms with Crippen molar-refractivity contribution in [3.05, 3.63) is 35.4 Å². The largest absolute Gasteiger partial charge is 0.383 e. The maximum atomic E-state index is 12.5. The van der Waals surface area contributed by atoms with Crippen LogP contribution in [0.15, 0.2) is 24.3 Å². The van der Waals surface area contributed by atoms with Crippen LogP contribution in [0.1, 0.15) is 28.8 Å². The minimum Gasteiger partial charge on any atom is -0.383 e. The third-order valence-corrected chi connectivity index (χ3v) is 4.21. The van der Waals surface area contributed by atoms with E-state index in [1.807, 2.05) is 36.1 Å². The molecule has 6 nitrogen and oxygen atoms in total. The first kappa shape index (κ1) is 21.4. The van der Waals surface area contributed by atoms with Gasteiger partial charge in [-0.15, -0.1) is 12.4 Å². The van der Waals surface area contributed by atoms with Crippen LogP contribution in [0.2, 0.25) is 0 Å². The van der Waals surface area contributed by atoms with Gasteiger partial charge in [-0.1, -0.05) is 17.7 Å². The normalized spacial score (nSPS) is 14.7. The molecule has 0 unspecified atom stereocenters. The van der Waals surface area contributed by atoms with Crippen molar-refractivity contribution in [2.45, 2.75) is 25.8 Å². The molecule has 1 aliphatic heterocycles. The van der Waals surface area contributed by atoms with E-state index in [0.717, 1.165) is 24.0 Å². The smallest absolute Gasteiger partial charge is 0.253 e. The number of piperidine rings is 1. The van der Waals surface area contributed by atoms with Gasteiger partial charge in [0, 0.05) is 38.3 Å². The maximum absolute atomic E-state index is 12.5. The lowest BCUT2D eigenvalue weighted by Gasteiger charge is -2.32. The van der Waals surface area contributed by atoms with Gasteiger partial charge in [-0.2, -0.15) is 0 Å². The molecule has 1 aromatic rings. The van der Waals surface area contributed by atoms with E-state index in [1.165, 1.54) is 0 Å². The van der Waals surface area contributed by atoms with Gasteiger partial charge in [0.2, 0.25) is 5.91 Å². The summed E-state index contributed by atoms with van der Waals surface area (Å²) in [6, 6.07) is 7.80. The van der Waals surface area contributed by atoms with Crippen molar-refractivity contribution in [2.75, 3.05) is 39.9 Å². The molecule has 0 atom stereocenters. The zero-order valence-corrected chi connectivity index (χ0v) is 15.7. The second-order valence-corrected chi connectivity index (χ2v) is 6.17. The lowest BCUT2D eigenvalue weighted by atomic mass is 10.0. The van der Waals surface area contributed by atoms with E-state index in [9.17, 15) is 9.59 Å². The predicted octanol–water partition coefficient (Wildman–Crippen LogP) is 1.37. The van der Waals surface area contributed by atoms with Gasteiger partial charge in [0.05, 0.1) is 13.2 Å². The van der Waals surface area contributed by atoms with Crippen LogP contribution in [0, 0.1) is 6.92 Å². The zero-order chi connectivity index (χ0) is 17.4. The van der Waals surface area contributed by atoms with E-state index in [0.29, 0.717) is 32.8 Å². The molecule has 0 radical (unpaired) electrons. The fourth-order valence-corrected chi connectivity index (χ4v) is 2.76. The Bertz CT molecular complexity index is 543. The average molecular weight is 370 g/mol. The number of aryl methyl sites for hydroxylation is 1. The Morgan fingerprint density at radius 2 is 1.84 bits per heavy atom. The Morgan fingerprint density at radius 1 is 1.20 bits per heavy atom. The van der Waals surface area contributed by atoms with Crippen molar-refractivity contribution in [2.24, 2.45) is 0 Å². The van der Waals surface area contributed by atoms with Gasteiger partial charge in [-0.05, 0) is 31.9 Å². The van der Waals surface area contributed by atoms with Crippen LogP contribution in [0.5, 0.6) is 0 Å². The second-order valence-electron chi connectivity index (χ2n) is 6.17. The van der Waals surface area contributed by atoms with E-state index in [2.05, 4.69) is 10.6 Å². The number of hydrogen-bond acceptors (Lipinski definition) is 4. The molecule has 0 aliphatic carbocycles. The minimum atomic E-state index is -0.00517. The molecule has 1 aromatic carbocycles. The first-order chi connectivity index (χ1) is 11.6. The average Bonchev–Trinajstić information content (AvgIpc) is 2.59. The van der Waals surface area contributed by atoms with Crippen LogP contribution in [0.25, 0.3) is 0 Å². The molecule has 0 bridgehead atoms. The van der Waals surface area contributed by atoms with Crippen LogP contribution in [-0.2, 0) is 9.53 Å². The number of amides is 2. The van der Waals surface area contributed by atoms with Gasteiger partial charge in [0.15, 0.2) is 0 Å². The monoisotopic (exact) mass is 369 g/mol. The molecule has 140 valence electrons. The summed E-state index contributed by atoms with van der Waals surface area (Å²) >= 11 is 0. The number of halogens is 1. The number of benzene rings is 1. The van der Waals surface area contributed by atoms with E-state index >= 15 is 0 Å². The molecule has 1 heterocycles. The van der Waals surface area contributed by atoms with Crippen molar-refractivity contribution < 1.29 is 14.3 Å². The Kier molecular flexibility index (Phi) is 9.49. The number of carbonyl (C=O) groups excluding carboxylic acids is 2. The van der Waals surface area contributed by atoms with E-state index in [1.54, 1.807) is 7.11 Å². The molecule has 1 aliphatic rings. The number of hydrogen-bond donors (Lipinski definition) is 2. The van der Waals surface area contributed by atoms with Gasteiger partial charge in [-0.25, -0.2) is 0 Å². The summed E-state index contributed by atoms with van der Waals surface area (Å²) in [5.41, 5.74) is 1.87. The molecule has 0 saturated carbocycles.